The van der Waals surface area contributed by atoms with E-state index in [-0.39, 0.29) is 28.5 Å². The molecule has 1 saturated heterocycles. The van der Waals surface area contributed by atoms with Crippen LogP contribution in [-0.4, -0.2) is 56.2 Å². The molecule has 3 aromatic rings. The zero-order valence-corrected chi connectivity index (χ0v) is 21.2. The minimum absolute atomic E-state index is 0.105. The SMILES string of the molecule is CCc1nc2c(cc1NC(=O)c1ccccc1)c(OCC(F)(F)F)c(C(=O)NC1CC[S+]([O-])CC1)n2C. The second-order valence-electron chi connectivity index (χ2n) is 8.76. The third-order valence-corrected chi connectivity index (χ3v) is 7.51. The number of aryl methyl sites for hydroxylation is 2. The summed E-state index contributed by atoms with van der Waals surface area (Å²) in [4.78, 5) is 30.6. The summed E-state index contributed by atoms with van der Waals surface area (Å²) in [6.45, 7) is 0.229. The van der Waals surface area contributed by atoms with Gasteiger partial charge in [-0.15, -0.1) is 0 Å². The first kappa shape index (κ1) is 26.8. The molecule has 1 aliphatic heterocycles. The van der Waals surface area contributed by atoms with E-state index in [0.29, 0.717) is 47.7 Å². The number of nitrogens with zero attached hydrogens (tertiary/aromatic N) is 2. The largest absolute Gasteiger partial charge is 0.616 e. The molecule has 0 bridgehead atoms. The number of carbonyl (C=O) groups is 2. The quantitative estimate of drug-likeness (QED) is 0.445. The molecule has 0 spiro atoms. The van der Waals surface area contributed by atoms with Gasteiger partial charge in [-0.1, -0.05) is 36.3 Å². The summed E-state index contributed by atoms with van der Waals surface area (Å²) in [5.41, 5.74) is 1.36. The molecule has 0 radical (unpaired) electrons. The van der Waals surface area contributed by atoms with Crippen molar-refractivity contribution in [3.05, 3.63) is 53.3 Å². The van der Waals surface area contributed by atoms with Crippen molar-refractivity contribution in [3.63, 3.8) is 0 Å². The number of amides is 2. The summed E-state index contributed by atoms with van der Waals surface area (Å²) in [6, 6.07) is 9.72. The van der Waals surface area contributed by atoms with Gasteiger partial charge in [-0.2, -0.15) is 13.2 Å². The van der Waals surface area contributed by atoms with Crippen molar-refractivity contribution in [3.8, 4) is 5.75 Å². The van der Waals surface area contributed by atoms with Gasteiger partial charge in [0.2, 0.25) is 0 Å². The lowest BCUT2D eigenvalue weighted by Gasteiger charge is -2.25. The molecule has 0 saturated carbocycles. The fraction of sp³-hybridized carbons (Fsp3) is 0.400. The Bertz CT molecular complexity index is 1290. The van der Waals surface area contributed by atoms with Crippen LogP contribution in [0.4, 0.5) is 18.9 Å². The number of aromatic nitrogens is 2. The number of pyridine rings is 1. The van der Waals surface area contributed by atoms with Crippen molar-refractivity contribution in [1.29, 1.82) is 0 Å². The molecule has 1 aromatic carbocycles. The summed E-state index contributed by atoms with van der Waals surface area (Å²) in [5.74, 6) is -0.384. The average molecular weight is 537 g/mol. The van der Waals surface area contributed by atoms with Gasteiger partial charge < -0.3 is 24.5 Å². The summed E-state index contributed by atoms with van der Waals surface area (Å²) >= 11 is -0.931. The third kappa shape index (κ3) is 6.19. The lowest BCUT2D eigenvalue weighted by atomic mass is 10.1. The van der Waals surface area contributed by atoms with Crippen LogP contribution in [0.5, 0.6) is 5.75 Å². The van der Waals surface area contributed by atoms with Gasteiger partial charge in [0.25, 0.3) is 11.8 Å². The Morgan fingerprint density at radius 1 is 1.19 bits per heavy atom. The molecule has 2 N–H and O–H groups in total. The molecule has 0 aliphatic carbocycles. The van der Waals surface area contributed by atoms with Crippen LogP contribution in [0.2, 0.25) is 0 Å². The number of benzene rings is 1. The average Bonchev–Trinajstić information content (AvgIpc) is 3.14. The third-order valence-electron chi connectivity index (χ3n) is 6.13. The number of ether oxygens (including phenoxy) is 1. The molecule has 3 heterocycles. The fourth-order valence-electron chi connectivity index (χ4n) is 4.26. The van der Waals surface area contributed by atoms with E-state index < -0.39 is 35.8 Å². The maximum absolute atomic E-state index is 13.3. The zero-order chi connectivity index (χ0) is 26.7. The molecule has 4 rings (SSSR count). The molecular formula is C25H27F3N4O4S. The Morgan fingerprint density at radius 2 is 1.86 bits per heavy atom. The number of halogens is 3. The van der Waals surface area contributed by atoms with Gasteiger partial charge >= 0.3 is 6.18 Å². The highest BCUT2D eigenvalue weighted by Gasteiger charge is 2.33. The van der Waals surface area contributed by atoms with Crippen LogP contribution in [0.1, 0.15) is 46.3 Å². The molecule has 2 aromatic heterocycles. The fourth-order valence-corrected chi connectivity index (χ4v) is 5.56. The van der Waals surface area contributed by atoms with E-state index in [4.69, 9.17) is 4.74 Å². The second kappa shape index (κ2) is 11.0. The first-order valence-corrected chi connectivity index (χ1v) is 13.3. The Kier molecular flexibility index (Phi) is 7.98. The molecule has 2 amide bonds. The van der Waals surface area contributed by atoms with Crippen molar-refractivity contribution in [2.45, 2.75) is 38.4 Å². The van der Waals surface area contributed by atoms with E-state index in [9.17, 15) is 27.3 Å². The number of hydrogen-bond donors (Lipinski definition) is 2. The van der Waals surface area contributed by atoms with Crippen LogP contribution in [0.25, 0.3) is 11.0 Å². The van der Waals surface area contributed by atoms with E-state index in [0.717, 1.165) is 0 Å². The number of nitrogens with one attached hydrogen (secondary N) is 2. The number of hydrogen-bond acceptors (Lipinski definition) is 5. The van der Waals surface area contributed by atoms with E-state index in [1.54, 1.807) is 30.3 Å². The molecule has 198 valence electrons. The van der Waals surface area contributed by atoms with Crippen molar-refractivity contribution in [2.75, 3.05) is 23.4 Å². The standard InChI is InChI=1S/C25H27F3N4O4S/c1-3-18-19(31-23(33)15-7-5-4-6-8-15)13-17-21(36-14-25(26,27)28)20(32(2)22(17)30-18)24(34)29-16-9-11-37(35)12-10-16/h4-8,13,16H,3,9-12,14H2,1-2H3,(H,29,34)(H,31,33). The Morgan fingerprint density at radius 3 is 2.49 bits per heavy atom. The number of alkyl halides is 3. The predicted molar refractivity (Wildman–Crippen MR) is 134 cm³/mol. The smallest absolute Gasteiger partial charge is 0.422 e. The maximum Gasteiger partial charge on any atom is 0.422 e. The van der Waals surface area contributed by atoms with Crippen molar-refractivity contribution in [1.82, 2.24) is 14.9 Å². The highest BCUT2D eigenvalue weighted by atomic mass is 32.2. The summed E-state index contributed by atoms with van der Waals surface area (Å²) in [6.07, 6.45) is -3.20. The van der Waals surface area contributed by atoms with Gasteiger partial charge in [0.15, 0.2) is 18.1 Å². The van der Waals surface area contributed by atoms with E-state index in [1.807, 2.05) is 6.92 Å². The van der Waals surface area contributed by atoms with Crippen molar-refractivity contribution in [2.24, 2.45) is 7.05 Å². The topological polar surface area (TPSA) is 108 Å². The first-order chi connectivity index (χ1) is 17.6. The zero-order valence-electron chi connectivity index (χ0n) is 20.4. The second-order valence-corrected chi connectivity index (χ2v) is 10.5. The van der Waals surface area contributed by atoms with E-state index in [2.05, 4.69) is 15.6 Å². The number of anilines is 1. The van der Waals surface area contributed by atoms with Crippen LogP contribution in [0, 0.1) is 0 Å². The minimum Gasteiger partial charge on any atom is -0.616 e. The maximum atomic E-state index is 13.3. The highest BCUT2D eigenvalue weighted by molar-refractivity contribution is 7.91. The van der Waals surface area contributed by atoms with Crippen molar-refractivity contribution < 1.29 is 32.0 Å². The first-order valence-electron chi connectivity index (χ1n) is 11.8. The van der Waals surface area contributed by atoms with Gasteiger partial charge in [0.1, 0.15) is 17.2 Å². The Balaban J connectivity index is 1.75. The minimum atomic E-state index is -4.63. The number of carbonyl (C=O) groups excluding carboxylic acids is 2. The van der Waals surface area contributed by atoms with Crippen LogP contribution in [0.3, 0.4) is 0 Å². The molecule has 1 aliphatic rings. The van der Waals surface area contributed by atoms with E-state index in [1.165, 1.54) is 17.7 Å². The number of rotatable bonds is 7. The van der Waals surface area contributed by atoms with Gasteiger partial charge in [-0.25, -0.2) is 4.98 Å². The molecule has 8 nitrogen and oxygen atoms in total. The Labute approximate surface area is 214 Å². The molecule has 0 unspecified atom stereocenters. The van der Waals surface area contributed by atoms with Crippen LogP contribution in [-0.2, 0) is 24.6 Å². The molecule has 1 fully saturated rings. The van der Waals surface area contributed by atoms with Gasteiger partial charge in [-0.3, -0.25) is 9.59 Å². The number of fused-ring (bicyclic) bond motifs is 1. The lowest BCUT2D eigenvalue weighted by Crippen LogP contribution is -2.41. The molecule has 37 heavy (non-hydrogen) atoms. The summed E-state index contributed by atoms with van der Waals surface area (Å²) < 4.78 is 57.6. The normalized spacial score (nSPS) is 18.0. The monoisotopic (exact) mass is 536 g/mol. The van der Waals surface area contributed by atoms with Gasteiger partial charge in [0.05, 0.1) is 16.8 Å². The summed E-state index contributed by atoms with van der Waals surface area (Å²) in [7, 11) is 1.53. The predicted octanol–water partition coefficient (Wildman–Crippen LogP) is 3.97. The van der Waals surface area contributed by atoms with Crippen molar-refractivity contribution >= 4 is 39.7 Å². The molecule has 12 heteroatoms. The van der Waals surface area contributed by atoms with Crippen LogP contribution in [0.15, 0.2) is 36.4 Å². The summed E-state index contributed by atoms with van der Waals surface area (Å²) in [5, 5.41) is 5.79. The van der Waals surface area contributed by atoms with Gasteiger partial charge in [0, 0.05) is 31.5 Å². The van der Waals surface area contributed by atoms with E-state index >= 15 is 0 Å². The lowest BCUT2D eigenvalue weighted by molar-refractivity contribution is -0.153. The molecular weight excluding hydrogens is 509 g/mol. The van der Waals surface area contributed by atoms with Gasteiger partial charge in [-0.05, 0) is 24.6 Å². The Hall–Kier alpha value is -3.25. The van der Waals surface area contributed by atoms with Crippen LogP contribution >= 0.6 is 0 Å². The molecule has 0 atom stereocenters. The van der Waals surface area contributed by atoms with Crippen LogP contribution < -0.4 is 15.4 Å². The highest BCUT2D eigenvalue weighted by Crippen LogP contribution is 2.36.